The second-order valence-corrected chi connectivity index (χ2v) is 7.53. The predicted molar refractivity (Wildman–Crippen MR) is 93.6 cm³/mol. The van der Waals surface area contributed by atoms with E-state index in [0.29, 0.717) is 13.2 Å². The van der Waals surface area contributed by atoms with Gasteiger partial charge in [0.1, 0.15) is 0 Å². The van der Waals surface area contributed by atoms with Gasteiger partial charge in [-0.1, -0.05) is 31.9 Å². The summed E-state index contributed by atoms with van der Waals surface area (Å²) in [6.07, 6.45) is 0. The highest BCUT2D eigenvalue weighted by atomic mass is 79.9. The van der Waals surface area contributed by atoms with Gasteiger partial charge in [-0.25, -0.2) is 0 Å². The van der Waals surface area contributed by atoms with E-state index in [2.05, 4.69) is 31.9 Å². The van der Waals surface area contributed by atoms with Crippen molar-refractivity contribution in [3.63, 3.8) is 0 Å². The highest BCUT2D eigenvalue weighted by molar-refractivity contribution is 9.11. The number of benzene rings is 1. The maximum Gasteiger partial charge on any atom is 0.162 e. The molecule has 0 aliphatic rings. The van der Waals surface area contributed by atoms with E-state index in [9.17, 15) is 0 Å². The summed E-state index contributed by atoms with van der Waals surface area (Å²) in [5.74, 6) is -1.23. The summed E-state index contributed by atoms with van der Waals surface area (Å²) in [6, 6.07) is 4.04. The van der Waals surface area contributed by atoms with Gasteiger partial charge < -0.3 is 18.9 Å². The van der Waals surface area contributed by atoms with Crippen molar-refractivity contribution in [2.24, 2.45) is 0 Å². The zero-order chi connectivity index (χ0) is 17.0. The van der Waals surface area contributed by atoms with Crippen LogP contribution < -0.4 is 0 Å². The van der Waals surface area contributed by atoms with Crippen LogP contribution in [0.3, 0.4) is 0 Å². The van der Waals surface area contributed by atoms with Crippen LogP contribution in [0.2, 0.25) is 0 Å². The Bertz CT molecular complexity index is 455. The number of ether oxygens (including phenoxy) is 4. The monoisotopic (exact) mass is 438 g/mol. The Morgan fingerprint density at radius 3 is 1.36 bits per heavy atom. The van der Waals surface area contributed by atoms with Gasteiger partial charge >= 0.3 is 0 Å². The molecule has 126 valence electrons. The third kappa shape index (κ3) is 6.26. The Morgan fingerprint density at radius 2 is 1.09 bits per heavy atom. The molecule has 0 N–H and O–H groups in total. The average Bonchev–Trinajstić information content (AvgIpc) is 2.46. The summed E-state index contributed by atoms with van der Waals surface area (Å²) >= 11 is 7.16. The normalized spacial score (nSPS) is 12.7. The van der Waals surface area contributed by atoms with Crippen LogP contribution in [-0.2, 0) is 32.2 Å². The third-order valence-electron chi connectivity index (χ3n) is 3.35. The van der Waals surface area contributed by atoms with Crippen molar-refractivity contribution in [1.29, 1.82) is 0 Å². The molecule has 6 heteroatoms. The van der Waals surface area contributed by atoms with Crippen LogP contribution in [0, 0.1) is 0 Å². The van der Waals surface area contributed by atoms with Crippen molar-refractivity contribution in [2.45, 2.75) is 52.5 Å². The third-order valence-corrected chi connectivity index (χ3v) is 4.83. The van der Waals surface area contributed by atoms with Crippen LogP contribution in [0.5, 0.6) is 0 Å². The van der Waals surface area contributed by atoms with E-state index in [4.69, 9.17) is 18.9 Å². The molecule has 0 saturated carbocycles. The molecule has 4 nitrogen and oxygen atoms in total. The van der Waals surface area contributed by atoms with Gasteiger partial charge in [-0.15, -0.1) is 0 Å². The van der Waals surface area contributed by atoms with Crippen molar-refractivity contribution < 1.29 is 18.9 Å². The van der Waals surface area contributed by atoms with E-state index < -0.39 is 11.6 Å². The van der Waals surface area contributed by atoms with Gasteiger partial charge in [0.2, 0.25) is 0 Å². The molecular weight excluding hydrogens is 416 g/mol. The molecule has 1 aromatic carbocycles. The van der Waals surface area contributed by atoms with E-state index in [1.807, 2.05) is 39.8 Å². The summed E-state index contributed by atoms with van der Waals surface area (Å²) in [5, 5.41) is 0. The number of hydrogen-bond donors (Lipinski definition) is 0. The molecule has 0 radical (unpaired) electrons. The molecule has 0 heterocycles. The molecule has 0 fully saturated rings. The fourth-order valence-electron chi connectivity index (χ4n) is 1.47. The van der Waals surface area contributed by atoms with Gasteiger partial charge in [-0.2, -0.15) is 0 Å². The lowest BCUT2D eigenvalue weighted by molar-refractivity contribution is -0.205. The Kier molecular flexibility index (Phi) is 7.49. The molecule has 0 unspecified atom stereocenters. The minimum atomic E-state index is -0.615. The lowest BCUT2D eigenvalue weighted by Gasteiger charge is -2.25. The van der Waals surface area contributed by atoms with E-state index in [1.54, 1.807) is 14.2 Å². The molecule has 1 rings (SSSR count). The molecular formula is C16H24Br2O4. The van der Waals surface area contributed by atoms with Gasteiger partial charge in [-0.05, 0) is 51.0 Å². The Hall–Kier alpha value is 0.0200. The molecule has 0 aliphatic heterocycles. The van der Waals surface area contributed by atoms with Gasteiger partial charge in [0, 0.05) is 23.2 Å². The van der Waals surface area contributed by atoms with Gasteiger partial charge in [0.05, 0.1) is 13.2 Å². The predicted octanol–water partition coefficient (Wildman–Crippen LogP) is 5.01. The highest BCUT2D eigenvalue weighted by Gasteiger charge is 2.19. The maximum absolute atomic E-state index is 5.75. The fourth-order valence-corrected chi connectivity index (χ4v) is 2.48. The topological polar surface area (TPSA) is 36.9 Å². The van der Waals surface area contributed by atoms with Crippen molar-refractivity contribution in [3.05, 3.63) is 32.2 Å². The van der Waals surface area contributed by atoms with E-state index >= 15 is 0 Å². The van der Waals surface area contributed by atoms with Crippen LogP contribution in [0.1, 0.15) is 38.8 Å². The number of methoxy groups -OCH3 is 2. The van der Waals surface area contributed by atoms with Crippen molar-refractivity contribution in [3.8, 4) is 0 Å². The lowest BCUT2D eigenvalue weighted by atomic mass is 10.1. The van der Waals surface area contributed by atoms with E-state index in [-0.39, 0.29) is 0 Å². The number of rotatable bonds is 8. The largest absolute Gasteiger partial charge is 0.354 e. The smallest absolute Gasteiger partial charge is 0.162 e. The van der Waals surface area contributed by atoms with E-state index in [0.717, 1.165) is 20.1 Å². The first-order chi connectivity index (χ1) is 10.1. The molecule has 0 spiro atoms. The summed E-state index contributed by atoms with van der Waals surface area (Å²) in [7, 11) is 3.26. The number of halogens is 2. The molecule has 0 aliphatic carbocycles. The first-order valence-electron chi connectivity index (χ1n) is 6.95. The first kappa shape index (κ1) is 20.1. The van der Waals surface area contributed by atoms with Gasteiger partial charge in [0.25, 0.3) is 0 Å². The van der Waals surface area contributed by atoms with Crippen molar-refractivity contribution in [1.82, 2.24) is 0 Å². The first-order valence-corrected chi connectivity index (χ1v) is 8.54. The van der Waals surface area contributed by atoms with Crippen LogP contribution in [0.25, 0.3) is 0 Å². The lowest BCUT2D eigenvalue weighted by Crippen LogP contribution is -2.26. The Labute approximate surface area is 149 Å². The zero-order valence-corrected chi connectivity index (χ0v) is 17.1. The highest BCUT2D eigenvalue weighted by Crippen LogP contribution is 2.29. The molecule has 22 heavy (non-hydrogen) atoms. The minimum Gasteiger partial charge on any atom is -0.354 e. The van der Waals surface area contributed by atoms with Gasteiger partial charge in [0.15, 0.2) is 11.6 Å². The van der Waals surface area contributed by atoms with Crippen LogP contribution in [0.15, 0.2) is 21.1 Å². The summed E-state index contributed by atoms with van der Waals surface area (Å²) in [6.45, 7) is 8.42. The second-order valence-electron chi connectivity index (χ2n) is 5.82. The molecule has 1 aromatic rings. The Morgan fingerprint density at radius 1 is 0.773 bits per heavy atom. The molecule has 0 saturated heterocycles. The summed E-state index contributed by atoms with van der Waals surface area (Å²) in [4.78, 5) is 0. The van der Waals surface area contributed by atoms with Crippen LogP contribution in [0.4, 0.5) is 0 Å². The SMILES string of the molecule is COC(C)(C)OCc1cc(Br)c(COC(C)(C)OC)cc1Br. The van der Waals surface area contributed by atoms with Gasteiger partial charge in [-0.3, -0.25) is 0 Å². The molecule has 0 bridgehead atoms. The molecule has 0 amide bonds. The van der Waals surface area contributed by atoms with Crippen LogP contribution in [-0.4, -0.2) is 25.8 Å². The summed E-state index contributed by atoms with van der Waals surface area (Å²) in [5.41, 5.74) is 2.07. The fraction of sp³-hybridized carbons (Fsp3) is 0.625. The Balaban J connectivity index is 2.79. The van der Waals surface area contributed by atoms with Crippen molar-refractivity contribution in [2.75, 3.05) is 14.2 Å². The maximum atomic E-state index is 5.75. The minimum absolute atomic E-state index is 0.449. The standard InChI is InChI=1S/C16H24Br2O4/c1-15(2,19-5)21-9-11-7-14(18)12(8-13(11)17)10-22-16(3,4)20-6/h7-8H,9-10H2,1-6H3. The van der Waals surface area contributed by atoms with E-state index in [1.165, 1.54) is 0 Å². The molecule has 0 atom stereocenters. The molecule has 0 aromatic heterocycles. The zero-order valence-electron chi connectivity index (χ0n) is 14.0. The van der Waals surface area contributed by atoms with Crippen molar-refractivity contribution >= 4 is 31.9 Å². The second kappa shape index (κ2) is 8.22. The van der Waals surface area contributed by atoms with Crippen LogP contribution >= 0.6 is 31.9 Å². The average molecular weight is 440 g/mol. The quantitative estimate of drug-likeness (QED) is 0.533. The summed E-state index contributed by atoms with van der Waals surface area (Å²) < 4.78 is 24.0. The number of hydrogen-bond acceptors (Lipinski definition) is 4.